The van der Waals surface area contributed by atoms with Gasteiger partial charge in [0.2, 0.25) is 10.0 Å². The number of morpholine rings is 1. The minimum Gasteiger partial charge on any atom is -0.508 e. The third-order valence-electron chi connectivity index (χ3n) is 4.11. The van der Waals surface area contributed by atoms with Gasteiger partial charge >= 0.3 is 5.97 Å². The second kappa shape index (κ2) is 9.49. The summed E-state index contributed by atoms with van der Waals surface area (Å²) in [4.78, 5) is 23.6. The van der Waals surface area contributed by atoms with Gasteiger partial charge in [-0.25, -0.2) is 13.2 Å². The van der Waals surface area contributed by atoms with Gasteiger partial charge in [-0.05, 0) is 32.0 Å². The van der Waals surface area contributed by atoms with Crippen molar-refractivity contribution in [3.8, 4) is 0 Å². The number of hydrogen-bond donors (Lipinski definition) is 2. The Morgan fingerprint density at radius 2 is 1.90 bits per heavy atom. The summed E-state index contributed by atoms with van der Waals surface area (Å²) in [5.74, 6) is -2.03. The highest BCUT2D eigenvalue weighted by Crippen LogP contribution is 2.27. The van der Waals surface area contributed by atoms with Gasteiger partial charge in [-0.15, -0.1) is 0 Å². The average molecular weight is 445 g/mol. The second-order valence-electron chi connectivity index (χ2n) is 6.24. The first-order chi connectivity index (χ1) is 13.6. The van der Waals surface area contributed by atoms with Crippen LogP contribution in [0.2, 0.25) is 5.02 Å². The van der Waals surface area contributed by atoms with Crippen molar-refractivity contribution in [3.05, 3.63) is 40.1 Å². The van der Waals surface area contributed by atoms with Gasteiger partial charge in [0.05, 0.1) is 29.4 Å². The van der Waals surface area contributed by atoms with Gasteiger partial charge in [-0.2, -0.15) is 4.31 Å². The van der Waals surface area contributed by atoms with Crippen LogP contribution in [0.15, 0.2) is 34.4 Å². The van der Waals surface area contributed by atoms with Gasteiger partial charge in [0.25, 0.3) is 0 Å². The first-order valence-electron chi connectivity index (χ1n) is 8.59. The largest absolute Gasteiger partial charge is 0.508 e. The van der Waals surface area contributed by atoms with E-state index in [1.165, 1.54) is 30.3 Å². The summed E-state index contributed by atoms with van der Waals surface area (Å²) >= 11 is 6.05. The molecule has 29 heavy (non-hydrogen) atoms. The molecule has 1 fully saturated rings. The van der Waals surface area contributed by atoms with Crippen molar-refractivity contribution in [2.45, 2.75) is 18.7 Å². The first kappa shape index (κ1) is 23.0. The molecule has 0 bridgehead atoms. The SMILES string of the molecule is CC(=N)/C(C(C)=O)=C(/O)COC(=O)c1ccc(Cl)c(S(=O)(=O)N2CCOCC2)c1. The molecule has 0 radical (unpaired) electrons. The lowest BCUT2D eigenvalue weighted by Gasteiger charge is -2.26. The monoisotopic (exact) mass is 444 g/mol. The average Bonchev–Trinajstić information content (AvgIpc) is 2.66. The molecule has 0 aromatic heterocycles. The second-order valence-corrected chi connectivity index (χ2v) is 8.55. The number of sulfonamides is 1. The van der Waals surface area contributed by atoms with Crippen LogP contribution in [-0.4, -0.2) is 68.2 Å². The molecule has 0 atom stereocenters. The van der Waals surface area contributed by atoms with Gasteiger partial charge in [0, 0.05) is 18.8 Å². The van der Waals surface area contributed by atoms with Gasteiger partial charge in [-0.1, -0.05) is 11.6 Å². The topological polar surface area (TPSA) is 134 Å². The molecule has 1 saturated heterocycles. The Balaban J connectivity index is 2.24. The molecule has 2 N–H and O–H groups in total. The fraction of sp³-hybridized carbons (Fsp3) is 0.389. The van der Waals surface area contributed by atoms with E-state index in [0.717, 1.165) is 6.07 Å². The molecular formula is C18H21ClN2O7S. The van der Waals surface area contributed by atoms with Crippen LogP contribution in [0.4, 0.5) is 0 Å². The van der Waals surface area contributed by atoms with Crippen molar-refractivity contribution in [1.29, 1.82) is 5.41 Å². The van der Waals surface area contributed by atoms with E-state index in [0.29, 0.717) is 0 Å². The van der Waals surface area contributed by atoms with Crippen LogP contribution < -0.4 is 0 Å². The Kier molecular flexibility index (Phi) is 7.53. The van der Waals surface area contributed by atoms with E-state index in [2.05, 4.69) is 0 Å². The number of nitrogens with zero attached hydrogens (tertiary/aromatic N) is 1. The molecule has 0 spiro atoms. The first-order valence-corrected chi connectivity index (χ1v) is 10.4. The van der Waals surface area contributed by atoms with E-state index in [9.17, 15) is 23.1 Å². The molecule has 0 amide bonds. The smallest absolute Gasteiger partial charge is 0.338 e. The number of allylic oxidation sites excluding steroid dienone is 1. The van der Waals surface area contributed by atoms with Gasteiger partial charge in [0.15, 0.2) is 5.78 Å². The molecular weight excluding hydrogens is 424 g/mol. The van der Waals surface area contributed by atoms with Crippen LogP contribution >= 0.6 is 11.6 Å². The van der Waals surface area contributed by atoms with Crippen molar-refractivity contribution in [2.24, 2.45) is 0 Å². The number of ether oxygens (including phenoxy) is 2. The van der Waals surface area contributed by atoms with E-state index >= 15 is 0 Å². The maximum atomic E-state index is 12.8. The number of rotatable bonds is 7. The van der Waals surface area contributed by atoms with Crippen LogP contribution in [0.25, 0.3) is 0 Å². The molecule has 9 nitrogen and oxygen atoms in total. The third-order valence-corrected chi connectivity index (χ3v) is 6.49. The van der Waals surface area contributed by atoms with Crippen molar-refractivity contribution >= 4 is 39.1 Å². The van der Waals surface area contributed by atoms with Gasteiger partial charge < -0.3 is 20.0 Å². The summed E-state index contributed by atoms with van der Waals surface area (Å²) in [7, 11) is -3.93. The van der Waals surface area contributed by atoms with Crippen molar-refractivity contribution in [1.82, 2.24) is 4.31 Å². The number of ketones is 1. The molecule has 1 aromatic carbocycles. The molecule has 2 rings (SSSR count). The van der Waals surface area contributed by atoms with Crippen molar-refractivity contribution in [3.63, 3.8) is 0 Å². The Morgan fingerprint density at radius 1 is 1.28 bits per heavy atom. The molecule has 158 valence electrons. The quantitative estimate of drug-likeness (QED) is 0.284. The molecule has 1 aliphatic heterocycles. The van der Waals surface area contributed by atoms with Crippen LogP contribution in [-0.2, 0) is 24.3 Å². The number of nitrogens with one attached hydrogen (secondary N) is 1. The predicted molar refractivity (Wildman–Crippen MR) is 105 cm³/mol. The zero-order chi connectivity index (χ0) is 21.8. The van der Waals surface area contributed by atoms with E-state index in [1.807, 2.05) is 0 Å². The number of benzene rings is 1. The number of hydrogen-bond acceptors (Lipinski definition) is 8. The summed E-state index contributed by atoms with van der Waals surface area (Å²) in [6.07, 6.45) is 0. The molecule has 1 heterocycles. The van der Waals surface area contributed by atoms with E-state index in [4.69, 9.17) is 26.5 Å². The zero-order valence-corrected chi connectivity index (χ0v) is 17.5. The Morgan fingerprint density at radius 3 is 2.45 bits per heavy atom. The van der Waals surface area contributed by atoms with Crippen molar-refractivity contribution < 1.29 is 32.6 Å². The lowest BCUT2D eigenvalue weighted by atomic mass is 10.1. The molecule has 0 aliphatic carbocycles. The van der Waals surface area contributed by atoms with Gasteiger partial charge in [-0.3, -0.25) is 4.79 Å². The summed E-state index contributed by atoms with van der Waals surface area (Å²) in [5.41, 5.74) is -0.508. The number of esters is 1. The summed E-state index contributed by atoms with van der Waals surface area (Å²) in [6.45, 7) is 2.71. The highest BCUT2D eigenvalue weighted by molar-refractivity contribution is 7.89. The van der Waals surface area contributed by atoms with Crippen molar-refractivity contribution in [2.75, 3.05) is 32.9 Å². The highest BCUT2D eigenvalue weighted by atomic mass is 35.5. The Bertz CT molecular complexity index is 950. The standard InChI is InChI=1S/C18H21ClN2O7S/c1-11(20)17(12(2)22)15(23)10-28-18(24)13-3-4-14(19)16(9-13)29(25,26)21-5-7-27-8-6-21/h3-4,9,20,23H,5-8,10H2,1-2H3/b17-15-,20-11?. The normalized spacial score (nSPS) is 16.1. The number of aliphatic hydroxyl groups excluding tert-OH is 1. The molecule has 0 unspecified atom stereocenters. The Labute approximate surface area is 173 Å². The number of carbonyl (C=O) groups excluding carboxylic acids is 2. The minimum atomic E-state index is -3.93. The highest BCUT2D eigenvalue weighted by Gasteiger charge is 2.29. The zero-order valence-electron chi connectivity index (χ0n) is 15.9. The number of aliphatic hydroxyl groups is 1. The van der Waals surface area contributed by atoms with Crippen LogP contribution in [0.1, 0.15) is 24.2 Å². The Hall–Kier alpha value is -2.27. The van der Waals surface area contributed by atoms with E-state index < -0.39 is 34.1 Å². The lowest BCUT2D eigenvalue weighted by molar-refractivity contribution is -0.113. The predicted octanol–water partition coefficient (Wildman–Crippen LogP) is 1.96. The number of carbonyl (C=O) groups is 2. The number of Topliss-reactive ketones (excluding diaryl/α,β-unsaturated/α-hetero) is 1. The fourth-order valence-electron chi connectivity index (χ4n) is 2.73. The summed E-state index contributed by atoms with van der Waals surface area (Å²) < 4.78 is 36.9. The maximum Gasteiger partial charge on any atom is 0.338 e. The van der Waals surface area contributed by atoms with Crippen LogP contribution in [0, 0.1) is 5.41 Å². The van der Waals surface area contributed by atoms with E-state index in [1.54, 1.807) is 0 Å². The minimum absolute atomic E-state index is 0.0471. The number of halogens is 1. The van der Waals surface area contributed by atoms with Crippen LogP contribution in [0.5, 0.6) is 0 Å². The molecule has 11 heteroatoms. The fourth-order valence-corrected chi connectivity index (χ4v) is 4.64. The molecule has 0 saturated carbocycles. The van der Waals surface area contributed by atoms with Crippen LogP contribution in [0.3, 0.4) is 0 Å². The molecule has 1 aliphatic rings. The summed E-state index contributed by atoms with van der Waals surface area (Å²) in [5, 5.41) is 17.4. The maximum absolute atomic E-state index is 12.8. The van der Waals surface area contributed by atoms with Gasteiger partial charge in [0.1, 0.15) is 17.3 Å². The third kappa shape index (κ3) is 5.41. The lowest BCUT2D eigenvalue weighted by Crippen LogP contribution is -2.40. The van der Waals surface area contributed by atoms with E-state index in [-0.39, 0.29) is 53.1 Å². The molecule has 1 aromatic rings. The summed E-state index contributed by atoms with van der Waals surface area (Å²) in [6, 6.07) is 3.66.